The number of rotatable bonds is 2. The molecule has 56 heavy (non-hydrogen) atoms. The van der Waals surface area contributed by atoms with E-state index in [4.69, 9.17) is 23.4 Å². The van der Waals surface area contributed by atoms with Crippen molar-refractivity contribution in [2.75, 3.05) is 36.2 Å². The fraction of sp³-hybridized carbons (Fsp3) is 0.333. The van der Waals surface area contributed by atoms with E-state index < -0.39 is 0 Å². The van der Waals surface area contributed by atoms with Crippen molar-refractivity contribution in [2.24, 2.45) is 0 Å². The van der Waals surface area contributed by atoms with Crippen LogP contribution in [0.25, 0.3) is 11.0 Å². The van der Waals surface area contributed by atoms with Gasteiger partial charge < -0.3 is 33.2 Å². The van der Waals surface area contributed by atoms with Crippen LogP contribution < -0.4 is 45.3 Å². The van der Waals surface area contributed by atoms with Crippen LogP contribution in [-0.2, 0) is 10.8 Å². The van der Waals surface area contributed by atoms with E-state index in [-0.39, 0.29) is 17.5 Å². The van der Waals surface area contributed by atoms with Crippen LogP contribution in [0.4, 0.5) is 34.1 Å². The molecule has 0 N–H and O–H groups in total. The van der Waals surface area contributed by atoms with Crippen LogP contribution in [0.15, 0.2) is 71.1 Å². The first kappa shape index (κ1) is 35.0. The minimum absolute atomic E-state index is 0.0134. The number of anilines is 6. The van der Waals surface area contributed by atoms with E-state index in [9.17, 15) is 0 Å². The van der Waals surface area contributed by atoms with Crippen molar-refractivity contribution in [2.45, 2.75) is 80.1 Å². The van der Waals surface area contributed by atoms with Crippen LogP contribution in [-0.4, -0.2) is 33.1 Å². The van der Waals surface area contributed by atoms with Crippen molar-refractivity contribution in [3.05, 3.63) is 100 Å². The average molecular weight is 745 g/mol. The first-order chi connectivity index (χ1) is 26.7. The molecule has 0 aliphatic carbocycles. The number of ether oxygens (including phenoxy) is 4. The summed E-state index contributed by atoms with van der Waals surface area (Å²) < 4.78 is 32.3. The second-order valence-electron chi connectivity index (χ2n) is 18.0. The van der Waals surface area contributed by atoms with Gasteiger partial charge in [-0.2, -0.15) is 0 Å². The Bertz CT molecular complexity index is 2620. The Hall–Kier alpha value is -5.50. The summed E-state index contributed by atoms with van der Waals surface area (Å²) in [5.41, 5.74) is 17.8. The molecule has 0 unspecified atom stereocenters. The van der Waals surface area contributed by atoms with E-state index in [1.54, 1.807) is 0 Å². The van der Waals surface area contributed by atoms with Gasteiger partial charge in [-0.3, -0.25) is 0 Å². The van der Waals surface area contributed by atoms with Crippen LogP contribution in [0.3, 0.4) is 0 Å². The maximum atomic E-state index is 7.21. The molecule has 0 saturated carbocycles. The molecule has 0 radical (unpaired) electrons. The van der Waals surface area contributed by atoms with Crippen LogP contribution in [0.2, 0.25) is 0 Å². The molecule has 0 atom stereocenters. The zero-order valence-corrected chi connectivity index (χ0v) is 34.2. The van der Waals surface area contributed by atoms with E-state index >= 15 is 0 Å². The second kappa shape index (κ2) is 12.0. The summed E-state index contributed by atoms with van der Waals surface area (Å²) in [4.78, 5) is 4.92. The highest BCUT2D eigenvalue weighted by atomic mass is 16.6. The first-order valence-corrected chi connectivity index (χ1v) is 20.0. The third-order valence-electron chi connectivity index (χ3n) is 12.1. The van der Waals surface area contributed by atoms with Gasteiger partial charge in [-0.1, -0.05) is 65.8 Å². The van der Waals surface area contributed by atoms with Crippen molar-refractivity contribution in [1.29, 1.82) is 0 Å². The van der Waals surface area contributed by atoms with Crippen LogP contribution in [0.1, 0.15) is 74.9 Å². The summed E-state index contributed by atoms with van der Waals surface area (Å²) in [6, 6.07) is 24.7. The minimum Gasteiger partial charge on any atom is -0.486 e. The molecule has 7 nitrogen and oxygen atoms in total. The Morgan fingerprint density at radius 1 is 0.554 bits per heavy atom. The fourth-order valence-electron chi connectivity index (χ4n) is 9.48. The van der Waals surface area contributed by atoms with Gasteiger partial charge in [0.15, 0.2) is 23.0 Å². The zero-order chi connectivity index (χ0) is 39.0. The molecule has 0 amide bonds. The summed E-state index contributed by atoms with van der Waals surface area (Å²) in [5.74, 6) is 3.13. The van der Waals surface area contributed by atoms with E-state index in [1.807, 2.05) is 0 Å². The third-order valence-corrected chi connectivity index (χ3v) is 12.1. The molecular weight excluding hydrogens is 695 g/mol. The minimum atomic E-state index is -0.215. The summed E-state index contributed by atoms with van der Waals surface area (Å²) in [6.07, 6.45) is 0. The highest BCUT2D eigenvalue weighted by Gasteiger charge is 2.48. The molecule has 10 rings (SSSR count). The largest absolute Gasteiger partial charge is 0.486 e. The van der Waals surface area contributed by atoms with Gasteiger partial charge in [0, 0.05) is 34.1 Å². The smallest absolute Gasteiger partial charge is 0.297 e. The molecule has 1 aromatic heterocycles. The molecule has 4 aliphatic heterocycles. The maximum absolute atomic E-state index is 7.21. The lowest BCUT2D eigenvalue weighted by molar-refractivity contribution is 0.170. The van der Waals surface area contributed by atoms with Crippen molar-refractivity contribution < 1.29 is 23.4 Å². The number of nitrogens with zero attached hydrogens (tertiary/aromatic N) is 2. The molecular formula is C48H49BN2O5. The molecule has 5 aromatic carbocycles. The summed E-state index contributed by atoms with van der Waals surface area (Å²) in [6.45, 7) is 24.3. The number of hydrogen-bond donors (Lipinski definition) is 0. The number of furan rings is 1. The van der Waals surface area contributed by atoms with Gasteiger partial charge >= 0.3 is 0 Å². The average Bonchev–Trinajstić information content (AvgIpc) is 3.53. The molecule has 0 fully saturated rings. The lowest BCUT2D eigenvalue weighted by Gasteiger charge is -2.44. The monoisotopic (exact) mass is 744 g/mol. The standard InChI is InChI=1S/C48H49BN2O5/c1-26-20-31(48(8,9)10)21-27(2)42(26)50-34-12-11-13-35-41(34)49(33-24-38-39(25-36(33)50)53-17-16-52-38)46-44(32-23-30(47(5,6)7)14-15-37(32)56-46)51(35)43-28(3)22-40-45(29(43)4)55-19-18-54-40/h11-15,20-25H,16-19H2,1-10H3. The van der Waals surface area contributed by atoms with Crippen LogP contribution in [0.5, 0.6) is 23.0 Å². The number of hydrogen-bond acceptors (Lipinski definition) is 7. The highest BCUT2D eigenvalue weighted by Crippen LogP contribution is 2.53. The topological polar surface area (TPSA) is 56.5 Å². The Kier molecular flexibility index (Phi) is 7.49. The predicted octanol–water partition coefficient (Wildman–Crippen LogP) is 9.89. The van der Waals surface area contributed by atoms with Crippen LogP contribution >= 0.6 is 0 Å². The lowest BCUT2D eigenvalue weighted by atomic mass is 9.35. The van der Waals surface area contributed by atoms with Gasteiger partial charge in [0.25, 0.3) is 6.71 Å². The van der Waals surface area contributed by atoms with Crippen LogP contribution in [0, 0.1) is 27.7 Å². The second-order valence-corrected chi connectivity index (χ2v) is 18.0. The Morgan fingerprint density at radius 3 is 1.84 bits per heavy atom. The zero-order valence-electron chi connectivity index (χ0n) is 34.2. The summed E-state index contributed by atoms with van der Waals surface area (Å²) in [5, 5.41) is 1.09. The summed E-state index contributed by atoms with van der Waals surface area (Å²) >= 11 is 0. The Balaban J connectivity index is 1.33. The van der Waals surface area contributed by atoms with Gasteiger partial charge in [-0.05, 0) is 114 Å². The fourth-order valence-corrected chi connectivity index (χ4v) is 9.48. The van der Waals surface area contributed by atoms with Gasteiger partial charge in [0.1, 0.15) is 32.0 Å². The molecule has 0 saturated heterocycles. The van der Waals surface area contributed by atoms with Crippen molar-refractivity contribution >= 4 is 68.4 Å². The first-order valence-electron chi connectivity index (χ1n) is 20.0. The van der Waals surface area contributed by atoms with Crippen molar-refractivity contribution in [3.8, 4) is 23.0 Å². The highest BCUT2D eigenvalue weighted by molar-refractivity contribution is 7.00. The normalized spacial score (nSPS) is 15.5. The Morgan fingerprint density at radius 2 is 1.16 bits per heavy atom. The predicted molar refractivity (Wildman–Crippen MR) is 229 cm³/mol. The van der Waals surface area contributed by atoms with Crippen molar-refractivity contribution in [1.82, 2.24) is 0 Å². The van der Waals surface area contributed by atoms with Crippen molar-refractivity contribution in [3.63, 3.8) is 0 Å². The van der Waals surface area contributed by atoms with E-state index in [1.165, 1.54) is 33.4 Å². The lowest BCUT2D eigenvalue weighted by Crippen LogP contribution is -2.61. The maximum Gasteiger partial charge on any atom is 0.297 e. The third kappa shape index (κ3) is 5.03. The van der Waals surface area contributed by atoms with E-state index in [2.05, 4.69) is 146 Å². The molecule has 284 valence electrons. The molecule has 0 spiro atoms. The van der Waals surface area contributed by atoms with Gasteiger partial charge in [-0.15, -0.1) is 0 Å². The van der Waals surface area contributed by atoms with E-state index in [0.717, 1.165) is 84.7 Å². The molecule has 4 aliphatic rings. The molecule has 0 bridgehead atoms. The quantitative estimate of drug-likeness (QED) is 0.163. The van der Waals surface area contributed by atoms with Gasteiger partial charge in [-0.25, -0.2) is 0 Å². The number of aryl methyl sites for hydroxylation is 3. The molecule has 5 heterocycles. The SMILES string of the molecule is Cc1cc(C(C)(C)C)cc(C)c1N1c2cc3c(cc2B2c4oc5ccc(C(C)(C)C)cc5c4N(c4c(C)cc5c(c4C)OCCO5)c4cccc1c42)OCCO3. The molecule has 6 aromatic rings. The molecule has 8 heteroatoms. The van der Waals surface area contributed by atoms with Gasteiger partial charge in [0.05, 0.1) is 22.7 Å². The summed E-state index contributed by atoms with van der Waals surface area (Å²) in [7, 11) is 0. The Labute approximate surface area is 330 Å². The van der Waals surface area contributed by atoms with E-state index in [0.29, 0.717) is 26.4 Å². The number of fused-ring (bicyclic) bond motifs is 8. The number of benzene rings is 5. The van der Waals surface area contributed by atoms with Gasteiger partial charge in [0.2, 0.25) is 0 Å².